The van der Waals surface area contributed by atoms with E-state index in [0.29, 0.717) is 5.56 Å². The first-order valence-corrected chi connectivity index (χ1v) is 5.76. The van der Waals surface area contributed by atoms with Gasteiger partial charge in [0.05, 0.1) is 11.7 Å². The minimum absolute atomic E-state index is 0.110. The summed E-state index contributed by atoms with van der Waals surface area (Å²) in [7, 11) is 0. The summed E-state index contributed by atoms with van der Waals surface area (Å²) < 4.78 is 6.57. The van der Waals surface area contributed by atoms with E-state index in [1.807, 2.05) is 32.0 Å². The SMILES string of the molecule is CC(C)OC(=O)c1c(Br)cccc1Br. The maximum Gasteiger partial charge on any atom is 0.340 e. The first-order valence-electron chi connectivity index (χ1n) is 4.17. The molecule has 0 heterocycles. The van der Waals surface area contributed by atoms with E-state index < -0.39 is 0 Å². The van der Waals surface area contributed by atoms with Crippen LogP contribution in [0.15, 0.2) is 27.1 Å². The maximum absolute atomic E-state index is 11.6. The molecule has 1 aromatic carbocycles. The smallest absolute Gasteiger partial charge is 0.340 e. The van der Waals surface area contributed by atoms with Gasteiger partial charge in [0.1, 0.15) is 0 Å². The summed E-state index contributed by atoms with van der Waals surface area (Å²) in [6, 6.07) is 5.46. The van der Waals surface area contributed by atoms with E-state index in [4.69, 9.17) is 4.74 Å². The van der Waals surface area contributed by atoms with Crippen LogP contribution in [-0.4, -0.2) is 12.1 Å². The van der Waals surface area contributed by atoms with Crippen molar-refractivity contribution in [3.63, 3.8) is 0 Å². The molecule has 0 fully saturated rings. The highest BCUT2D eigenvalue weighted by atomic mass is 79.9. The highest BCUT2D eigenvalue weighted by Gasteiger charge is 2.15. The molecule has 0 spiro atoms. The molecule has 0 amide bonds. The second kappa shape index (κ2) is 4.94. The molecule has 0 aliphatic rings. The summed E-state index contributed by atoms with van der Waals surface area (Å²) >= 11 is 6.61. The molecular weight excluding hydrogens is 312 g/mol. The normalized spacial score (nSPS) is 10.4. The molecule has 76 valence electrons. The summed E-state index contributed by atoms with van der Waals surface area (Å²) in [5.41, 5.74) is 0.529. The Bertz CT molecular complexity index is 328. The summed E-state index contributed by atoms with van der Waals surface area (Å²) in [6.07, 6.45) is -0.110. The molecule has 0 saturated heterocycles. The lowest BCUT2D eigenvalue weighted by molar-refractivity contribution is 0.0375. The second-order valence-corrected chi connectivity index (χ2v) is 4.76. The molecule has 0 N–H and O–H groups in total. The molecule has 0 aliphatic heterocycles. The zero-order valence-corrected chi connectivity index (χ0v) is 11.1. The Kier molecular flexibility index (Phi) is 4.13. The number of rotatable bonds is 2. The zero-order chi connectivity index (χ0) is 10.7. The molecule has 1 aromatic rings. The van der Waals surface area contributed by atoms with Gasteiger partial charge in [-0.3, -0.25) is 0 Å². The van der Waals surface area contributed by atoms with Crippen LogP contribution in [0.4, 0.5) is 0 Å². The van der Waals surface area contributed by atoms with Gasteiger partial charge in [-0.15, -0.1) is 0 Å². The standard InChI is InChI=1S/C10H10Br2O2/c1-6(2)14-10(13)9-7(11)4-3-5-8(9)12/h3-6H,1-2H3. The fourth-order valence-corrected chi connectivity index (χ4v) is 2.29. The fraction of sp³-hybridized carbons (Fsp3) is 0.300. The molecule has 0 aliphatic carbocycles. The molecule has 4 heteroatoms. The minimum atomic E-state index is -0.320. The number of carbonyl (C=O) groups is 1. The molecule has 0 bridgehead atoms. The molecule has 0 radical (unpaired) electrons. The topological polar surface area (TPSA) is 26.3 Å². The van der Waals surface area contributed by atoms with Crippen LogP contribution in [-0.2, 0) is 4.74 Å². The lowest BCUT2D eigenvalue weighted by Crippen LogP contribution is -2.12. The van der Waals surface area contributed by atoms with Gasteiger partial charge in [-0.05, 0) is 57.8 Å². The molecular formula is C10H10Br2O2. The number of benzene rings is 1. The van der Waals surface area contributed by atoms with Crippen molar-refractivity contribution in [2.75, 3.05) is 0 Å². The van der Waals surface area contributed by atoms with Gasteiger partial charge in [0.25, 0.3) is 0 Å². The molecule has 0 unspecified atom stereocenters. The third-order valence-electron chi connectivity index (χ3n) is 1.51. The van der Waals surface area contributed by atoms with E-state index in [1.54, 1.807) is 0 Å². The van der Waals surface area contributed by atoms with Crippen molar-refractivity contribution in [2.45, 2.75) is 20.0 Å². The number of halogens is 2. The molecule has 0 atom stereocenters. The van der Waals surface area contributed by atoms with E-state index in [9.17, 15) is 4.79 Å². The Balaban J connectivity index is 3.00. The van der Waals surface area contributed by atoms with Crippen molar-refractivity contribution < 1.29 is 9.53 Å². The first-order chi connectivity index (χ1) is 6.52. The van der Waals surface area contributed by atoms with Crippen LogP contribution in [0.25, 0.3) is 0 Å². The number of hydrogen-bond donors (Lipinski definition) is 0. The van der Waals surface area contributed by atoms with Crippen LogP contribution < -0.4 is 0 Å². The van der Waals surface area contributed by atoms with Gasteiger partial charge in [0, 0.05) is 8.95 Å². The van der Waals surface area contributed by atoms with Crippen LogP contribution in [0.5, 0.6) is 0 Å². The van der Waals surface area contributed by atoms with E-state index in [1.165, 1.54) is 0 Å². The average Bonchev–Trinajstić information content (AvgIpc) is 2.01. The number of ether oxygens (including phenoxy) is 1. The van der Waals surface area contributed by atoms with Crippen LogP contribution in [0.3, 0.4) is 0 Å². The molecule has 14 heavy (non-hydrogen) atoms. The Labute approximate surface area is 99.9 Å². The number of esters is 1. The monoisotopic (exact) mass is 320 g/mol. The largest absolute Gasteiger partial charge is 0.459 e. The van der Waals surface area contributed by atoms with Crippen molar-refractivity contribution in [3.05, 3.63) is 32.7 Å². The quantitative estimate of drug-likeness (QED) is 0.775. The fourth-order valence-electron chi connectivity index (χ4n) is 0.966. The van der Waals surface area contributed by atoms with Crippen molar-refractivity contribution in [1.29, 1.82) is 0 Å². The van der Waals surface area contributed by atoms with Crippen molar-refractivity contribution >= 4 is 37.8 Å². The van der Waals surface area contributed by atoms with Gasteiger partial charge in [-0.25, -0.2) is 4.79 Å². The Morgan fingerprint density at radius 1 is 1.29 bits per heavy atom. The summed E-state index contributed by atoms with van der Waals surface area (Å²) in [4.78, 5) is 11.6. The second-order valence-electron chi connectivity index (χ2n) is 3.05. The van der Waals surface area contributed by atoms with Gasteiger partial charge in [-0.1, -0.05) is 6.07 Å². The van der Waals surface area contributed by atoms with Crippen LogP contribution in [0.2, 0.25) is 0 Å². The first kappa shape index (κ1) is 11.7. The van der Waals surface area contributed by atoms with E-state index in [-0.39, 0.29) is 12.1 Å². The third kappa shape index (κ3) is 2.82. The minimum Gasteiger partial charge on any atom is -0.459 e. The Morgan fingerprint density at radius 2 is 1.79 bits per heavy atom. The zero-order valence-electron chi connectivity index (χ0n) is 7.88. The van der Waals surface area contributed by atoms with E-state index >= 15 is 0 Å². The van der Waals surface area contributed by atoms with Crippen molar-refractivity contribution in [2.24, 2.45) is 0 Å². The third-order valence-corrected chi connectivity index (χ3v) is 2.83. The summed E-state index contributed by atoms with van der Waals surface area (Å²) in [6.45, 7) is 3.64. The number of carbonyl (C=O) groups excluding carboxylic acids is 1. The predicted molar refractivity (Wildman–Crippen MR) is 62.4 cm³/mol. The van der Waals surface area contributed by atoms with Gasteiger partial charge in [0.2, 0.25) is 0 Å². The van der Waals surface area contributed by atoms with Gasteiger partial charge in [0.15, 0.2) is 0 Å². The molecule has 0 aromatic heterocycles. The highest BCUT2D eigenvalue weighted by molar-refractivity contribution is 9.11. The molecule has 1 rings (SSSR count). The summed E-state index contributed by atoms with van der Waals surface area (Å²) in [5.74, 6) is -0.320. The van der Waals surface area contributed by atoms with Gasteiger partial charge < -0.3 is 4.74 Å². The van der Waals surface area contributed by atoms with Crippen LogP contribution >= 0.6 is 31.9 Å². The lowest BCUT2D eigenvalue weighted by atomic mass is 10.2. The Hall–Kier alpha value is -0.350. The highest BCUT2D eigenvalue weighted by Crippen LogP contribution is 2.26. The van der Waals surface area contributed by atoms with Gasteiger partial charge >= 0.3 is 5.97 Å². The molecule has 0 saturated carbocycles. The Morgan fingerprint density at radius 3 is 2.21 bits per heavy atom. The van der Waals surface area contributed by atoms with Crippen molar-refractivity contribution in [1.82, 2.24) is 0 Å². The molecule has 2 nitrogen and oxygen atoms in total. The van der Waals surface area contributed by atoms with E-state index in [2.05, 4.69) is 31.9 Å². The van der Waals surface area contributed by atoms with Crippen LogP contribution in [0.1, 0.15) is 24.2 Å². The lowest BCUT2D eigenvalue weighted by Gasteiger charge is -2.10. The summed E-state index contributed by atoms with van der Waals surface area (Å²) in [5, 5.41) is 0. The van der Waals surface area contributed by atoms with Crippen molar-refractivity contribution in [3.8, 4) is 0 Å². The number of hydrogen-bond acceptors (Lipinski definition) is 2. The van der Waals surface area contributed by atoms with Gasteiger partial charge in [-0.2, -0.15) is 0 Å². The predicted octanol–water partition coefficient (Wildman–Crippen LogP) is 3.78. The maximum atomic E-state index is 11.6. The van der Waals surface area contributed by atoms with Crippen LogP contribution in [0, 0.1) is 0 Å². The van der Waals surface area contributed by atoms with E-state index in [0.717, 1.165) is 8.95 Å². The average molecular weight is 322 g/mol.